The van der Waals surface area contributed by atoms with Gasteiger partial charge in [-0.2, -0.15) is 0 Å². The number of rotatable bonds is 6. The summed E-state index contributed by atoms with van der Waals surface area (Å²) in [5.74, 6) is 0.231. The molecule has 30 heavy (non-hydrogen) atoms. The molecule has 160 valence electrons. The van der Waals surface area contributed by atoms with Gasteiger partial charge in [-0.1, -0.05) is 0 Å². The predicted molar refractivity (Wildman–Crippen MR) is 114 cm³/mol. The van der Waals surface area contributed by atoms with Crippen molar-refractivity contribution in [2.24, 2.45) is 0 Å². The number of carbonyl (C=O) groups is 2. The molecule has 0 aromatic heterocycles. The maximum atomic E-state index is 12.8. The number of sulfonamides is 1. The van der Waals surface area contributed by atoms with E-state index >= 15 is 0 Å². The summed E-state index contributed by atoms with van der Waals surface area (Å²) >= 11 is 0. The maximum Gasteiger partial charge on any atom is 0.247 e. The lowest BCUT2D eigenvalue weighted by atomic mass is 10.2. The lowest BCUT2D eigenvalue weighted by Gasteiger charge is -2.29. The highest BCUT2D eigenvalue weighted by Crippen LogP contribution is 2.35. The first-order chi connectivity index (χ1) is 14.1. The van der Waals surface area contributed by atoms with Crippen LogP contribution in [0.25, 0.3) is 0 Å². The van der Waals surface area contributed by atoms with E-state index in [-0.39, 0.29) is 5.91 Å². The lowest BCUT2D eigenvalue weighted by Crippen LogP contribution is -2.45. The molecule has 1 aliphatic rings. The number of nitrogens with zero attached hydrogens (tertiary/aromatic N) is 1. The molecule has 1 aliphatic heterocycles. The molecule has 9 nitrogen and oxygen atoms in total. The van der Waals surface area contributed by atoms with Crippen LogP contribution in [0.4, 0.5) is 17.1 Å². The quantitative estimate of drug-likeness (QED) is 0.722. The second-order valence-electron chi connectivity index (χ2n) is 6.81. The van der Waals surface area contributed by atoms with Crippen LogP contribution in [0.3, 0.4) is 0 Å². The van der Waals surface area contributed by atoms with Crippen LogP contribution in [-0.2, 0) is 19.6 Å². The van der Waals surface area contributed by atoms with Gasteiger partial charge in [0.2, 0.25) is 21.8 Å². The third-order valence-electron chi connectivity index (χ3n) is 4.34. The van der Waals surface area contributed by atoms with Crippen molar-refractivity contribution in [2.45, 2.75) is 19.9 Å². The van der Waals surface area contributed by atoms with Crippen LogP contribution < -0.4 is 24.4 Å². The molecule has 1 atom stereocenters. The van der Waals surface area contributed by atoms with Gasteiger partial charge in [-0.3, -0.25) is 13.9 Å². The second kappa shape index (κ2) is 8.62. The van der Waals surface area contributed by atoms with Crippen molar-refractivity contribution in [3.05, 3.63) is 42.5 Å². The summed E-state index contributed by atoms with van der Waals surface area (Å²) in [6.45, 7) is 3.68. The van der Waals surface area contributed by atoms with E-state index in [2.05, 4.69) is 10.6 Å². The Morgan fingerprint density at radius 1 is 0.967 bits per heavy atom. The van der Waals surface area contributed by atoms with Gasteiger partial charge in [0, 0.05) is 24.4 Å². The zero-order valence-electron chi connectivity index (χ0n) is 16.8. The minimum absolute atomic E-state index is 0.205. The molecule has 2 aromatic carbocycles. The Bertz CT molecular complexity index is 1050. The van der Waals surface area contributed by atoms with Crippen LogP contribution in [0.5, 0.6) is 11.5 Å². The van der Waals surface area contributed by atoms with Crippen LogP contribution in [0.15, 0.2) is 42.5 Å². The summed E-state index contributed by atoms with van der Waals surface area (Å²) in [5.41, 5.74) is 1.35. The van der Waals surface area contributed by atoms with Gasteiger partial charge in [0.05, 0.1) is 11.9 Å². The fourth-order valence-electron chi connectivity index (χ4n) is 3.06. The molecule has 3 rings (SSSR count). The average Bonchev–Trinajstić information content (AvgIpc) is 2.68. The summed E-state index contributed by atoms with van der Waals surface area (Å²) < 4.78 is 37.0. The highest BCUT2D eigenvalue weighted by Gasteiger charge is 2.30. The van der Waals surface area contributed by atoms with Crippen LogP contribution in [0.2, 0.25) is 0 Å². The van der Waals surface area contributed by atoms with Crippen molar-refractivity contribution in [1.29, 1.82) is 0 Å². The molecule has 0 aliphatic carbocycles. The Kier molecular flexibility index (Phi) is 6.16. The molecule has 1 heterocycles. The molecule has 2 aromatic rings. The summed E-state index contributed by atoms with van der Waals surface area (Å²) in [5, 5.41) is 5.32. The average molecular weight is 433 g/mol. The Hall–Kier alpha value is -3.27. The van der Waals surface area contributed by atoms with Crippen molar-refractivity contribution in [3.63, 3.8) is 0 Å². The number of ether oxygens (including phenoxy) is 2. The van der Waals surface area contributed by atoms with Crippen LogP contribution in [0, 0.1) is 0 Å². The van der Waals surface area contributed by atoms with Crippen LogP contribution in [-0.4, -0.2) is 45.7 Å². The molecule has 10 heteroatoms. The van der Waals surface area contributed by atoms with E-state index in [1.165, 1.54) is 13.8 Å². The zero-order chi connectivity index (χ0) is 21.9. The van der Waals surface area contributed by atoms with Gasteiger partial charge in [-0.05, 0) is 43.3 Å². The molecule has 0 unspecified atom stereocenters. The van der Waals surface area contributed by atoms with E-state index in [4.69, 9.17) is 9.47 Å². The molecule has 0 saturated heterocycles. The minimum atomic E-state index is -3.77. The summed E-state index contributed by atoms with van der Waals surface area (Å²) in [6, 6.07) is 10.2. The van der Waals surface area contributed by atoms with E-state index < -0.39 is 22.0 Å². The fraction of sp³-hybridized carbons (Fsp3) is 0.300. The Morgan fingerprint density at radius 2 is 1.53 bits per heavy atom. The third-order valence-corrected chi connectivity index (χ3v) is 5.58. The number of hydrogen-bond donors (Lipinski definition) is 2. The number of carbonyl (C=O) groups excluding carboxylic acids is 2. The van der Waals surface area contributed by atoms with Crippen molar-refractivity contribution in [2.75, 3.05) is 34.4 Å². The molecular weight excluding hydrogens is 410 g/mol. The summed E-state index contributed by atoms with van der Waals surface area (Å²) in [6.07, 6.45) is 1.04. The van der Waals surface area contributed by atoms with E-state index in [1.807, 2.05) is 0 Å². The Labute approximate surface area is 175 Å². The van der Waals surface area contributed by atoms with Gasteiger partial charge >= 0.3 is 0 Å². The molecule has 0 fully saturated rings. The topological polar surface area (TPSA) is 114 Å². The van der Waals surface area contributed by atoms with Crippen molar-refractivity contribution in [3.8, 4) is 11.5 Å². The number of fused-ring (bicyclic) bond motifs is 1. The smallest absolute Gasteiger partial charge is 0.247 e. The maximum absolute atomic E-state index is 12.8. The second-order valence-corrected chi connectivity index (χ2v) is 8.67. The SMILES string of the molecule is CC(=O)Nc1ccc(NC(=O)[C@@H](C)N(c2ccc3c(c2)OCCO3)S(C)(=O)=O)cc1. The number of hydrogen-bond acceptors (Lipinski definition) is 6. The molecule has 0 radical (unpaired) electrons. The minimum Gasteiger partial charge on any atom is -0.486 e. The Balaban J connectivity index is 1.81. The predicted octanol–water partition coefficient (Wildman–Crippen LogP) is 2.21. The monoisotopic (exact) mass is 433 g/mol. The molecule has 0 bridgehead atoms. The van der Waals surface area contributed by atoms with E-state index in [1.54, 1.807) is 42.5 Å². The first kappa shape index (κ1) is 21.4. The van der Waals surface area contributed by atoms with Crippen LogP contribution >= 0.6 is 0 Å². The van der Waals surface area contributed by atoms with Gasteiger partial charge < -0.3 is 20.1 Å². The summed E-state index contributed by atoms with van der Waals surface area (Å²) in [7, 11) is -3.77. The Morgan fingerprint density at radius 3 is 2.10 bits per heavy atom. The van der Waals surface area contributed by atoms with Gasteiger partial charge in [0.15, 0.2) is 11.5 Å². The van der Waals surface area contributed by atoms with Gasteiger partial charge in [0.25, 0.3) is 0 Å². The van der Waals surface area contributed by atoms with Gasteiger partial charge in [0.1, 0.15) is 19.3 Å². The highest BCUT2D eigenvalue weighted by atomic mass is 32.2. The number of anilines is 3. The van der Waals surface area contributed by atoms with E-state index in [0.29, 0.717) is 41.8 Å². The number of nitrogens with one attached hydrogen (secondary N) is 2. The van der Waals surface area contributed by atoms with E-state index in [9.17, 15) is 18.0 Å². The molecule has 2 N–H and O–H groups in total. The fourth-order valence-corrected chi connectivity index (χ4v) is 4.23. The van der Waals surface area contributed by atoms with Gasteiger partial charge in [-0.25, -0.2) is 8.42 Å². The van der Waals surface area contributed by atoms with Crippen molar-refractivity contribution < 1.29 is 27.5 Å². The van der Waals surface area contributed by atoms with Crippen LogP contribution in [0.1, 0.15) is 13.8 Å². The third kappa shape index (κ3) is 5.01. The summed E-state index contributed by atoms with van der Waals surface area (Å²) in [4.78, 5) is 23.9. The molecular formula is C20H23N3O6S. The molecule has 2 amide bonds. The molecule has 0 spiro atoms. The first-order valence-corrected chi connectivity index (χ1v) is 11.1. The lowest BCUT2D eigenvalue weighted by molar-refractivity contribution is -0.117. The zero-order valence-corrected chi connectivity index (χ0v) is 17.7. The van der Waals surface area contributed by atoms with Gasteiger partial charge in [-0.15, -0.1) is 0 Å². The molecule has 0 saturated carbocycles. The highest BCUT2D eigenvalue weighted by molar-refractivity contribution is 7.92. The standard InChI is InChI=1S/C20H23N3O6S/c1-13(20(25)22-16-6-4-15(5-7-16)21-14(2)24)23(30(3,26)27)17-8-9-18-19(12-17)29-11-10-28-18/h4-9,12-13H,10-11H2,1-3H3,(H,21,24)(H,22,25)/t13-/m1/s1. The first-order valence-electron chi connectivity index (χ1n) is 9.23. The largest absolute Gasteiger partial charge is 0.486 e. The number of amides is 2. The van der Waals surface area contributed by atoms with Crippen molar-refractivity contribution in [1.82, 2.24) is 0 Å². The number of benzene rings is 2. The van der Waals surface area contributed by atoms with Crippen molar-refractivity contribution >= 4 is 38.9 Å². The van der Waals surface area contributed by atoms with E-state index in [0.717, 1.165) is 10.6 Å². The normalized spacial score (nSPS) is 13.8.